The number of anilines is 1. The molecule has 0 aliphatic carbocycles. The fraction of sp³-hybridized carbons (Fsp3) is 0.360. The number of amides is 1. The second-order valence-corrected chi connectivity index (χ2v) is 11.4. The Hall–Kier alpha value is -2.59. The fourth-order valence-corrected chi connectivity index (χ4v) is 6.69. The van der Waals surface area contributed by atoms with Crippen LogP contribution in [0.25, 0.3) is 0 Å². The molecule has 0 unspecified atom stereocenters. The van der Waals surface area contributed by atoms with E-state index in [1.54, 1.807) is 32.9 Å². The summed E-state index contributed by atoms with van der Waals surface area (Å²) >= 11 is 1.49. The molecule has 0 spiro atoms. The number of rotatable bonds is 8. The third-order valence-electron chi connectivity index (χ3n) is 6.08. The van der Waals surface area contributed by atoms with Crippen molar-refractivity contribution in [2.45, 2.75) is 45.2 Å². The van der Waals surface area contributed by atoms with E-state index in [1.165, 1.54) is 27.3 Å². The Morgan fingerprint density at radius 2 is 1.88 bits per heavy atom. The summed E-state index contributed by atoms with van der Waals surface area (Å²) in [7, 11) is -3.65. The van der Waals surface area contributed by atoms with Crippen LogP contribution in [0.2, 0.25) is 0 Å². The maximum atomic E-state index is 13.1. The van der Waals surface area contributed by atoms with Crippen molar-refractivity contribution in [3.8, 4) is 0 Å². The van der Waals surface area contributed by atoms with Crippen molar-refractivity contribution in [1.82, 2.24) is 14.2 Å². The first-order valence-electron chi connectivity index (χ1n) is 11.5. The molecule has 0 fully saturated rings. The Kier molecular flexibility index (Phi) is 7.47. The van der Waals surface area contributed by atoms with Crippen LogP contribution in [0, 0.1) is 6.92 Å². The van der Waals surface area contributed by atoms with Crippen molar-refractivity contribution in [3.05, 3.63) is 75.8 Å². The molecular weight excluding hydrogens is 468 g/mol. The lowest BCUT2D eigenvalue weighted by Crippen LogP contribution is -2.30. The Morgan fingerprint density at radius 1 is 1.15 bits per heavy atom. The predicted molar refractivity (Wildman–Crippen MR) is 136 cm³/mol. The number of sulfonamides is 1. The van der Waals surface area contributed by atoms with E-state index in [-0.39, 0.29) is 10.8 Å². The van der Waals surface area contributed by atoms with Crippen LogP contribution in [0.4, 0.5) is 5.13 Å². The lowest BCUT2D eigenvalue weighted by Gasteiger charge is -2.25. The third kappa shape index (κ3) is 5.22. The van der Waals surface area contributed by atoms with Crippen LogP contribution in [0.3, 0.4) is 0 Å². The van der Waals surface area contributed by atoms with Crippen LogP contribution in [-0.4, -0.2) is 48.1 Å². The van der Waals surface area contributed by atoms with Gasteiger partial charge in [0.05, 0.1) is 10.6 Å². The molecule has 180 valence electrons. The molecule has 1 amide bonds. The third-order valence-corrected chi connectivity index (χ3v) is 9.12. The summed E-state index contributed by atoms with van der Waals surface area (Å²) in [5.74, 6) is -0.346. The number of nitrogens with one attached hydrogen (secondary N) is 1. The van der Waals surface area contributed by atoms with Gasteiger partial charge in [0.1, 0.15) is 0 Å². The molecule has 3 aromatic rings. The first-order valence-corrected chi connectivity index (χ1v) is 13.7. The second-order valence-electron chi connectivity index (χ2n) is 8.36. The van der Waals surface area contributed by atoms with Crippen LogP contribution in [0.1, 0.15) is 45.9 Å². The fourth-order valence-electron chi connectivity index (χ4n) is 4.16. The average Bonchev–Trinajstić information content (AvgIpc) is 3.22. The van der Waals surface area contributed by atoms with Crippen LogP contribution in [0.5, 0.6) is 0 Å². The first kappa shape index (κ1) is 24.5. The zero-order chi connectivity index (χ0) is 24.3. The Morgan fingerprint density at radius 3 is 2.59 bits per heavy atom. The van der Waals surface area contributed by atoms with E-state index in [9.17, 15) is 13.2 Å². The number of aryl methyl sites for hydroxylation is 1. The molecule has 1 aliphatic heterocycles. The molecule has 4 rings (SSSR count). The Labute approximate surface area is 205 Å². The minimum absolute atomic E-state index is 0.127. The molecule has 1 N–H and O–H groups in total. The summed E-state index contributed by atoms with van der Waals surface area (Å²) in [6.07, 6.45) is 0.838. The molecule has 0 saturated heterocycles. The van der Waals surface area contributed by atoms with E-state index in [0.29, 0.717) is 29.3 Å². The number of fused-ring (bicyclic) bond motifs is 1. The van der Waals surface area contributed by atoms with Gasteiger partial charge in [-0.2, -0.15) is 4.31 Å². The quantitative estimate of drug-likeness (QED) is 0.501. The van der Waals surface area contributed by atoms with Gasteiger partial charge < -0.3 is 0 Å². The predicted octanol–water partition coefficient (Wildman–Crippen LogP) is 4.29. The molecule has 9 heteroatoms. The molecular formula is C25H30N4O3S2. The summed E-state index contributed by atoms with van der Waals surface area (Å²) in [5.41, 5.74) is 3.36. The largest absolute Gasteiger partial charge is 0.298 e. The normalized spacial score (nSPS) is 14.2. The molecule has 7 nitrogen and oxygen atoms in total. The van der Waals surface area contributed by atoms with Gasteiger partial charge in [0.15, 0.2) is 5.13 Å². The van der Waals surface area contributed by atoms with E-state index < -0.39 is 10.0 Å². The van der Waals surface area contributed by atoms with Crippen LogP contribution < -0.4 is 5.32 Å². The highest BCUT2D eigenvalue weighted by atomic mass is 32.2. The topological polar surface area (TPSA) is 82.6 Å². The van der Waals surface area contributed by atoms with Crippen molar-refractivity contribution in [3.63, 3.8) is 0 Å². The molecule has 0 atom stereocenters. The summed E-state index contributed by atoms with van der Waals surface area (Å²) in [6, 6.07) is 15.1. The number of carbonyl (C=O) groups is 1. The standard InChI is InChI=1S/C25H30N4O3S2/c1-4-29(5-2)34(31,32)20-12-11-18(3)21(15-20)24(30)27-25-26-22-13-14-28(17-23(22)33-25)16-19-9-7-6-8-10-19/h6-12,15H,4-5,13-14,16-17H2,1-3H3,(H,26,27,30). The first-order chi connectivity index (χ1) is 16.3. The zero-order valence-electron chi connectivity index (χ0n) is 19.7. The lowest BCUT2D eigenvalue weighted by molar-refractivity contribution is 0.102. The van der Waals surface area contributed by atoms with Gasteiger partial charge in [0.2, 0.25) is 10.0 Å². The van der Waals surface area contributed by atoms with Crippen molar-refractivity contribution in [2.24, 2.45) is 0 Å². The molecule has 34 heavy (non-hydrogen) atoms. The van der Waals surface area contributed by atoms with E-state index in [4.69, 9.17) is 0 Å². The molecule has 2 aromatic carbocycles. The maximum absolute atomic E-state index is 13.1. The number of hydrogen-bond donors (Lipinski definition) is 1. The number of nitrogens with zero attached hydrogens (tertiary/aromatic N) is 3. The van der Waals surface area contributed by atoms with Gasteiger partial charge in [-0.15, -0.1) is 11.3 Å². The van der Waals surface area contributed by atoms with Gasteiger partial charge in [-0.25, -0.2) is 13.4 Å². The van der Waals surface area contributed by atoms with Gasteiger partial charge in [-0.05, 0) is 30.2 Å². The van der Waals surface area contributed by atoms with Crippen molar-refractivity contribution >= 4 is 32.4 Å². The smallest absolute Gasteiger partial charge is 0.257 e. The number of hydrogen-bond acceptors (Lipinski definition) is 6. The summed E-state index contributed by atoms with van der Waals surface area (Å²) in [5, 5.41) is 3.45. The average molecular weight is 499 g/mol. The van der Waals surface area contributed by atoms with Crippen molar-refractivity contribution in [2.75, 3.05) is 25.0 Å². The summed E-state index contributed by atoms with van der Waals surface area (Å²) in [4.78, 5) is 21.4. The molecule has 0 radical (unpaired) electrons. The zero-order valence-corrected chi connectivity index (χ0v) is 21.4. The SMILES string of the molecule is CCN(CC)S(=O)(=O)c1ccc(C)c(C(=O)Nc2nc3c(s2)CN(Cc2ccccc2)CC3)c1. The minimum Gasteiger partial charge on any atom is -0.298 e. The number of thiazole rings is 1. The molecule has 0 bridgehead atoms. The van der Waals surface area contributed by atoms with E-state index in [0.717, 1.165) is 36.6 Å². The van der Waals surface area contributed by atoms with Crippen LogP contribution in [-0.2, 0) is 29.5 Å². The maximum Gasteiger partial charge on any atom is 0.257 e. The van der Waals surface area contributed by atoms with Gasteiger partial charge >= 0.3 is 0 Å². The molecule has 2 heterocycles. The summed E-state index contributed by atoms with van der Waals surface area (Å²) in [6.45, 7) is 8.75. The Balaban J connectivity index is 1.49. The van der Waals surface area contributed by atoms with Crippen LogP contribution in [0.15, 0.2) is 53.4 Å². The highest BCUT2D eigenvalue weighted by Gasteiger charge is 2.25. The summed E-state index contributed by atoms with van der Waals surface area (Å²) < 4.78 is 27.2. The number of aromatic nitrogens is 1. The monoisotopic (exact) mass is 498 g/mol. The minimum atomic E-state index is -3.65. The Bertz CT molecular complexity index is 1270. The molecule has 1 aliphatic rings. The van der Waals surface area contributed by atoms with Crippen LogP contribution >= 0.6 is 11.3 Å². The molecule has 1 aromatic heterocycles. The van der Waals surface area contributed by atoms with Crippen molar-refractivity contribution in [1.29, 1.82) is 0 Å². The van der Waals surface area contributed by atoms with E-state index >= 15 is 0 Å². The van der Waals surface area contributed by atoms with E-state index in [2.05, 4.69) is 39.5 Å². The van der Waals surface area contributed by atoms with Gasteiger partial charge in [-0.1, -0.05) is 50.2 Å². The molecule has 0 saturated carbocycles. The lowest BCUT2D eigenvalue weighted by atomic mass is 10.1. The number of carbonyl (C=O) groups excluding carboxylic acids is 1. The van der Waals surface area contributed by atoms with Gasteiger partial charge in [-0.3, -0.25) is 15.0 Å². The van der Waals surface area contributed by atoms with Gasteiger partial charge in [0, 0.05) is 49.6 Å². The highest BCUT2D eigenvalue weighted by Crippen LogP contribution is 2.30. The van der Waals surface area contributed by atoms with Crippen molar-refractivity contribution < 1.29 is 13.2 Å². The van der Waals surface area contributed by atoms with Gasteiger partial charge in [0.25, 0.3) is 5.91 Å². The second kappa shape index (κ2) is 10.4. The highest BCUT2D eigenvalue weighted by molar-refractivity contribution is 7.89. The van der Waals surface area contributed by atoms with E-state index in [1.807, 2.05) is 6.07 Å². The number of benzene rings is 2.